The van der Waals surface area contributed by atoms with Crippen molar-refractivity contribution >= 4 is 75.3 Å². The van der Waals surface area contributed by atoms with E-state index in [0.717, 1.165) is 28.7 Å². The second-order valence-electron chi connectivity index (χ2n) is 13.3. The summed E-state index contributed by atoms with van der Waals surface area (Å²) in [5.74, 6) is 0. The predicted molar refractivity (Wildman–Crippen MR) is 216 cm³/mol. The number of benzene rings is 7. The van der Waals surface area contributed by atoms with Crippen molar-refractivity contribution in [1.29, 1.82) is 0 Å². The fourth-order valence-electron chi connectivity index (χ4n) is 7.63. The maximum atomic E-state index is 6.35. The van der Waals surface area contributed by atoms with Gasteiger partial charge in [-0.25, -0.2) is 0 Å². The highest BCUT2D eigenvalue weighted by atomic mass is 32.1. The van der Waals surface area contributed by atoms with Gasteiger partial charge in [0.1, 0.15) is 11.2 Å². The van der Waals surface area contributed by atoms with E-state index < -0.39 is 0 Å². The van der Waals surface area contributed by atoms with Crippen LogP contribution in [-0.4, -0.2) is 4.57 Å². The first-order valence-corrected chi connectivity index (χ1v) is 18.3. The minimum Gasteiger partial charge on any atom is -0.456 e. The maximum absolute atomic E-state index is 6.35. The summed E-state index contributed by atoms with van der Waals surface area (Å²) in [6.45, 7) is 6.56. The second-order valence-corrected chi connectivity index (χ2v) is 14.4. The molecule has 7 aromatic carbocycles. The molecule has 0 fully saturated rings. The zero-order chi connectivity index (χ0) is 33.8. The number of para-hydroxylation sites is 2. The van der Waals surface area contributed by atoms with Crippen LogP contribution in [0.25, 0.3) is 80.7 Å². The van der Waals surface area contributed by atoms with Crippen LogP contribution >= 0.6 is 11.3 Å². The van der Waals surface area contributed by atoms with Crippen molar-refractivity contribution in [3.63, 3.8) is 0 Å². The van der Waals surface area contributed by atoms with Crippen LogP contribution < -0.4 is 0 Å². The Balaban J connectivity index is 0.000000178. The molecule has 0 unspecified atom stereocenters. The Hall–Kier alpha value is -5.64. The number of thiophene rings is 1. The molecule has 3 heteroatoms. The van der Waals surface area contributed by atoms with Crippen molar-refractivity contribution in [2.45, 2.75) is 33.6 Å². The number of furan rings is 1. The lowest BCUT2D eigenvalue weighted by molar-refractivity contribution is 0.669. The largest absolute Gasteiger partial charge is 0.456 e. The molecule has 10 rings (SSSR count). The van der Waals surface area contributed by atoms with Crippen molar-refractivity contribution in [2.24, 2.45) is 0 Å². The van der Waals surface area contributed by atoms with Crippen molar-refractivity contribution < 1.29 is 4.42 Å². The summed E-state index contributed by atoms with van der Waals surface area (Å²) in [5, 5.41) is 7.47. The molecule has 0 aliphatic rings. The molecule has 0 saturated heterocycles. The average molecular weight is 664 g/mol. The first-order valence-electron chi connectivity index (χ1n) is 17.5. The maximum Gasteiger partial charge on any atom is 0.136 e. The lowest BCUT2D eigenvalue weighted by Crippen LogP contribution is -1.93. The summed E-state index contributed by atoms with van der Waals surface area (Å²) in [5.41, 5.74) is 12.3. The van der Waals surface area contributed by atoms with Crippen LogP contribution in [-0.2, 0) is 6.42 Å². The summed E-state index contributed by atoms with van der Waals surface area (Å²) in [7, 11) is 0. The summed E-state index contributed by atoms with van der Waals surface area (Å²) in [4.78, 5) is 0. The van der Waals surface area contributed by atoms with Gasteiger partial charge in [-0.15, -0.1) is 11.3 Å². The molecule has 10 aromatic rings. The van der Waals surface area contributed by atoms with Crippen molar-refractivity contribution in [3.8, 4) is 16.8 Å². The Kier molecular flexibility index (Phi) is 7.52. The minimum absolute atomic E-state index is 0.928. The highest BCUT2D eigenvalue weighted by Gasteiger charge is 2.16. The Morgan fingerprint density at radius 3 is 1.94 bits per heavy atom. The number of rotatable bonds is 4. The predicted octanol–water partition coefficient (Wildman–Crippen LogP) is 14.0. The Bertz CT molecular complexity index is 2810. The second kappa shape index (κ2) is 12.4. The lowest BCUT2D eigenvalue weighted by atomic mass is 9.94. The first kappa shape index (κ1) is 30.4. The van der Waals surface area contributed by atoms with E-state index in [-0.39, 0.29) is 0 Å². The standard InChI is InChI=1S/C31H19NOS.C16H18/c1-18-10-13-30-24(14-18)25-16-29-23(17-31(25)34-30)22-15-19(11-12-28(22)33-29)32-26-8-4-2-6-20(26)21-7-3-5-9-27(21)32;1-3-8-14-10-5-7-12-16(14)15-11-6-4-9-13(15)2/h2-17H,1H3;4-7,9-12H,3,8H2,1-2H3. The third-order valence-electron chi connectivity index (χ3n) is 10.0. The van der Waals surface area contributed by atoms with Gasteiger partial charge >= 0.3 is 0 Å². The van der Waals surface area contributed by atoms with Gasteiger partial charge in [0.25, 0.3) is 0 Å². The quantitative estimate of drug-likeness (QED) is 0.183. The third kappa shape index (κ3) is 5.09. The fraction of sp³-hybridized carbons (Fsp3) is 0.106. The van der Waals surface area contributed by atoms with Gasteiger partial charge in [-0.05, 0) is 97.1 Å². The zero-order valence-corrected chi connectivity index (χ0v) is 29.4. The van der Waals surface area contributed by atoms with Crippen LogP contribution in [0.1, 0.15) is 30.0 Å². The Morgan fingerprint density at radius 1 is 0.520 bits per heavy atom. The van der Waals surface area contributed by atoms with E-state index in [2.05, 4.69) is 171 Å². The molecule has 0 saturated carbocycles. The molecule has 0 atom stereocenters. The summed E-state index contributed by atoms with van der Waals surface area (Å²) < 4.78 is 11.3. The van der Waals surface area contributed by atoms with Gasteiger partial charge in [0.2, 0.25) is 0 Å². The lowest BCUT2D eigenvalue weighted by Gasteiger charge is -2.11. The molecule has 50 heavy (non-hydrogen) atoms. The van der Waals surface area contributed by atoms with Crippen LogP contribution in [0.2, 0.25) is 0 Å². The first-order chi connectivity index (χ1) is 24.6. The van der Waals surface area contributed by atoms with Crippen molar-refractivity contribution in [1.82, 2.24) is 4.57 Å². The molecule has 3 heterocycles. The van der Waals surface area contributed by atoms with E-state index in [9.17, 15) is 0 Å². The monoisotopic (exact) mass is 663 g/mol. The minimum atomic E-state index is 0.928. The van der Waals surface area contributed by atoms with Gasteiger partial charge in [0.15, 0.2) is 0 Å². The van der Waals surface area contributed by atoms with Gasteiger partial charge in [0.05, 0.1) is 11.0 Å². The SMILES string of the molecule is CCCc1ccccc1-c1ccccc1C.Cc1ccc2sc3cc4c(cc3c2c1)oc1ccc(-n2c3ccccc3c3ccccc32)cc14. The van der Waals surface area contributed by atoms with Gasteiger partial charge in [-0.2, -0.15) is 0 Å². The van der Waals surface area contributed by atoms with E-state index in [4.69, 9.17) is 4.42 Å². The van der Waals surface area contributed by atoms with E-state index in [1.54, 1.807) is 0 Å². The van der Waals surface area contributed by atoms with Crippen LogP contribution in [0.15, 0.2) is 150 Å². The number of fused-ring (bicyclic) bond motifs is 9. The van der Waals surface area contributed by atoms with E-state index in [1.165, 1.54) is 81.6 Å². The van der Waals surface area contributed by atoms with Gasteiger partial charge in [0, 0.05) is 47.4 Å². The number of nitrogens with zero attached hydrogens (tertiary/aromatic N) is 1. The molecule has 0 N–H and O–H groups in total. The highest BCUT2D eigenvalue weighted by molar-refractivity contribution is 7.25. The molecule has 242 valence electrons. The average Bonchev–Trinajstić information content (AvgIpc) is 3.80. The molecule has 0 aliphatic heterocycles. The van der Waals surface area contributed by atoms with Gasteiger partial charge in [-0.3, -0.25) is 0 Å². The summed E-state index contributed by atoms with van der Waals surface area (Å²) in [6.07, 6.45) is 2.35. The molecule has 0 amide bonds. The molecular weight excluding hydrogens is 627 g/mol. The molecule has 3 aromatic heterocycles. The number of aromatic nitrogens is 1. The zero-order valence-electron chi connectivity index (χ0n) is 28.5. The summed E-state index contributed by atoms with van der Waals surface area (Å²) in [6, 6.07) is 52.4. The van der Waals surface area contributed by atoms with Crippen LogP contribution in [0.5, 0.6) is 0 Å². The molecular formula is C47H37NOS. The highest BCUT2D eigenvalue weighted by Crippen LogP contribution is 2.41. The fourth-order valence-corrected chi connectivity index (χ4v) is 8.74. The summed E-state index contributed by atoms with van der Waals surface area (Å²) >= 11 is 1.86. The molecule has 0 aliphatic carbocycles. The van der Waals surface area contributed by atoms with Crippen LogP contribution in [0.3, 0.4) is 0 Å². The van der Waals surface area contributed by atoms with E-state index in [1.807, 2.05) is 11.3 Å². The smallest absolute Gasteiger partial charge is 0.136 e. The molecule has 0 radical (unpaired) electrons. The third-order valence-corrected chi connectivity index (χ3v) is 11.1. The van der Waals surface area contributed by atoms with Crippen LogP contribution in [0.4, 0.5) is 0 Å². The Labute approximate surface area is 295 Å². The van der Waals surface area contributed by atoms with E-state index >= 15 is 0 Å². The molecule has 0 bridgehead atoms. The van der Waals surface area contributed by atoms with E-state index in [0.29, 0.717) is 0 Å². The van der Waals surface area contributed by atoms with Gasteiger partial charge < -0.3 is 8.98 Å². The topological polar surface area (TPSA) is 18.1 Å². The Morgan fingerprint density at radius 2 is 1.18 bits per heavy atom. The van der Waals surface area contributed by atoms with Crippen molar-refractivity contribution in [2.75, 3.05) is 0 Å². The number of hydrogen-bond donors (Lipinski definition) is 0. The van der Waals surface area contributed by atoms with Crippen LogP contribution in [0, 0.1) is 13.8 Å². The van der Waals surface area contributed by atoms with Gasteiger partial charge in [-0.1, -0.05) is 110 Å². The number of hydrogen-bond acceptors (Lipinski definition) is 2. The van der Waals surface area contributed by atoms with Crippen molar-refractivity contribution in [3.05, 3.63) is 162 Å². The molecule has 2 nitrogen and oxygen atoms in total. The molecule has 0 spiro atoms. The normalized spacial score (nSPS) is 11.7. The number of aryl methyl sites for hydroxylation is 3.